The first-order valence-corrected chi connectivity index (χ1v) is 9.25. The van der Waals surface area contributed by atoms with Gasteiger partial charge in [-0.1, -0.05) is 18.2 Å². The van der Waals surface area contributed by atoms with Crippen molar-refractivity contribution in [2.75, 3.05) is 33.7 Å². The Bertz CT molecular complexity index is 837. The lowest BCUT2D eigenvalue weighted by molar-refractivity contribution is -0.142. The van der Waals surface area contributed by atoms with Gasteiger partial charge in [-0.25, -0.2) is 0 Å². The summed E-state index contributed by atoms with van der Waals surface area (Å²) in [5, 5.41) is 13.3. The van der Waals surface area contributed by atoms with E-state index in [1.54, 1.807) is 7.11 Å². The summed E-state index contributed by atoms with van der Waals surface area (Å²) in [6.45, 7) is 1.77. The summed E-state index contributed by atoms with van der Waals surface area (Å²) in [5.74, 6) is 0.538. The average molecular weight is 385 g/mol. The molecule has 2 aliphatic rings. The molecule has 28 heavy (non-hydrogen) atoms. The summed E-state index contributed by atoms with van der Waals surface area (Å²) in [5.41, 5.74) is 1.86. The van der Waals surface area contributed by atoms with E-state index in [9.17, 15) is 9.90 Å². The maximum Gasteiger partial charge on any atom is 0.309 e. The van der Waals surface area contributed by atoms with Gasteiger partial charge < -0.3 is 29.4 Å². The van der Waals surface area contributed by atoms with E-state index in [2.05, 4.69) is 5.32 Å². The van der Waals surface area contributed by atoms with Crippen molar-refractivity contribution in [1.29, 1.82) is 0 Å². The Hall–Kier alpha value is -2.77. The second-order valence-corrected chi connectivity index (χ2v) is 6.88. The highest BCUT2D eigenvalue weighted by Gasteiger charge is 2.42. The number of methoxy groups -OCH3 is 1. The molecule has 2 aliphatic heterocycles. The van der Waals surface area contributed by atoms with Crippen LogP contribution in [0.1, 0.15) is 23.1 Å². The quantitative estimate of drug-likeness (QED) is 0.709. The summed E-state index contributed by atoms with van der Waals surface area (Å²) in [7, 11) is 1.63. The Morgan fingerprint density at radius 3 is 2.61 bits per heavy atom. The minimum absolute atomic E-state index is 0.158. The number of nitrogens with one attached hydrogen (secondary N) is 1. The maximum absolute atomic E-state index is 12.1. The third kappa shape index (κ3) is 3.63. The number of ether oxygens (including phenoxy) is 4. The molecule has 0 saturated carbocycles. The van der Waals surface area contributed by atoms with E-state index in [1.807, 2.05) is 42.5 Å². The van der Waals surface area contributed by atoms with Gasteiger partial charge >= 0.3 is 5.97 Å². The van der Waals surface area contributed by atoms with Crippen molar-refractivity contribution >= 4 is 5.97 Å². The summed E-state index contributed by atoms with van der Waals surface area (Å²) in [6.07, 6.45) is 0. The lowest BCUT2D eigenvalue weighted by Gasteiger charge is -2.21. The van der Waals surface area contributed by atoms with Gasteiger partial charge in [0.1, 0.15) is 12.4 Å². The fourth-order valence-electron chi connectivity index (χ4n) is 3.86. The van der Waals surface area contributed by atoms with Crippen LogP contribution in [0.4, 0.5) is 0 Å². The molecule has 2 aromatic carbocycles. The van der Waals surface area contributed by atoms with E-state index < -0.39 is 11.9 Å². The van der Waals surface area contributed by atoms with E-state index in [1.165, 1.54) is 0 Å². The fraction of sp³-hybridized carbons (Fsp3) is 0.381. The van der Waals surface area contributed by atoms with E-state index in [4.69, 9.17) is 18.9 Å². The van der Waals surface area contributed by atoms with Crippen LogP contribution in [0.25, 0.3) is 0 Å². The van der Waals surface area contributed by atoms with Crippen LogP contribution in [-0.2, 0) is 9.53 Å². The van der Waals surface area contributed by atoms with Crippen LogP contribution < -0.4 is 19.5 Å². The first-order chi connectivity index (χ1) is 13.7. The molecule has 4 rings (SSSR count). The van der Waals surface area contributed by atoms with Crippen LogP contribution >= 0.6 is 0 Å². The minimum Gasteiger partial charge on any atom is -0.491 e. The highest BCUT2D eigenvalue weighted by Crippen LogP contribution is 2.43. The highest BCUT2D eigenvalue weighted by atomic mass is 16.7. The fourth-order valence-corrected chi connectivity index (χ4v) is 3.86. The molecule has 0 aromatic heterocycles. The molecule has 7 heteroatoms. The van der Waals surface area contributed by atoms with Crippen molar-refractivity contribution in [3.63, 3.8) is 0 Å². The number of carboxylic acids is 1. The van der Waals surface area contributed by atoms with E-state index >= 15 is 0 Å². The summed E-state index contributed by atoms with van der Waals surface area (Å²) in [4.78, 5) is 12.1. The van der Waals surface area contributed by atoms with Crippen molar-refractivity contribution in [2.24, 2.45) is 5.92 Å². The molecule has 2 heterocycles. The molecule has 0 aliphatic carbocycles. The molecule has 0 amide bonds. The van der Waals surface area contributed by atoms with Gasteiger partial charge in [-0.3, -0.25) is 4.79 Å². The number of hydrogen-bond donors (Lipinski definition) is 2. The largest absolute Gasteiger partial charge is 0.491 e. The molecule has 0 radical (unpaired) electrons. The third-order valence-corrected chi connectivity index (χ3v) is 5.26. The van der Waals surface area contributed by atoms with Gasteiger partial charge in [0, 0.05) is 25.6 Å². The first-order valence-electron chi connectivity index (χ1n) is 9.25. The number of benzene rings is 2. The Balaban J connectivity index is 1.53. The maximum atomic E-state index is 12.1. The molecule has 2 N–H and O–H groups in total. The third-order valence-electron chi connectivity index (χ3n) is 5.26. The summed E-state index contributed by atoms with van der Waals surface area (Å²) < 4.78 is 21.4. The molecule has 1 fully saturated rings. The van der Waals surface area contributed by atoms with Gasteiger partial charge in [-0.15, -0.1) is 0 Å². The topological polar surface area (TPSA) is 86.3 Å². The molecule has 0 bridgehead atoms. The number of fused-ring (bicyclic) bond motifs is 1. The molecule has 7 nitrogen and oxygen atoms in total. The van der Waals surface area contributed by atoms with Crippen molar-refractivity contribution < 1.29 is 28.8 Å². The zero-order valence-corrected chi connectivity index (χ0v) is 15.6. The molecule has 2 aromatic rings. The van der Waals surface area contributed by atoms with Crippen molar-refractivity contribution in [2.45, 2.75) is 12.0 Å². The Labute approximate surface area is 163 Å². The molecule has 148 valence electrons. The van der Waals surface area contributed by atoms with E-state index in [0.717, 1.165) is 16.9 Å². The van der Waals surface area contributed by atoms with Crippen molar-refractivity contribution in [3.8, 4) is 17.2 Å². The Morgan fingerprint density at radius 2 is 1.86 bits per heavy atom. The smallest absolute Gasteiger partial charge is 0.309 e. The molecule has 3 atom stereocenters. The molecular weight excluding hydrogens is 362 g/mol. The second kappa shape index (κ2) is 8.08. The number of rotatable bonds is 7. The van der Waals surface area contributed by atoms with Crippen LogP contribution in [-0.4, -0.2) is 44.7 Å². The number of carboxylic acid groups (broad SMARTS) is 1. The zero-order valence-electron chi connectivity index (χ0n) is 15.6. The van der Waals surface area contributed by atoms with Crippen molar-refractivity contribution in [3.05, 3.63) is 53.6 Å². The van der Waals surface area contributed by atoms with Crippen LogP contribution in [0.3, 0.4) is 0 Å². The standard InChI is InChI=1S/C21H23NO6/c1-25-8-9-26-15-5-2-13(3-6-15)20-19(21(23)24)16(11-22-20)14-4-7-17-18(10-14)28-12-27-17/h2-7,10,16,19-20,22H,8-9,11-12H2,1H3,(H,23,24)/t16-,19+,20+/m1/s1. The predicted molar refractivity (Wildman–Crippen MR) is 101 cm³/mol. The lowest BCUT2D eigenvalue weighted by atomic mass is 9.83. The average Bonchev–Trinajstić information content (AvgIpc) is 3.35. The number of carbonyl (C=O) groups is 1. The SMILES string of the molecule is COCCOc1ccc([C@@H]2NC[C@H](c3ccc4c(c3)OCO4)[C@@H]2C(=O)O)cc1. The second-order valence-electron chi connectivity index (χ2n) is 6.88. The minimum atomic E-state index is -0.821. The zero-order chi connectivity index (χ0) is 19.5. The van der Waals surface area contributed by atoms with Gasteiger partial charge in [0.25, 0.3) is 0 Å². The van der Waals surface area contributed by atoms with Crippen LogP contribution in [0.2, 0.25) is 0 Å². The molecular formula is C21H23NO6. The predicted octanol–water partition coefficient (Wildman–Crippen LogP) is 2.57. The van der Waals surface area contributed by atoms with Gasteiger partial charge in [0.05, 0.1) is 12.5 Å². The van der Waals surface area contributed by atoms with E-state index in [-0.39, 0.29) is 18.8 Å². The van der Waals surface area contributed by atoms with E-state index in [0.29, 0.717) is 31.3 Å². The Kier molecular flexibility index (Phi) is 5.36. The summed E-state index contributed by atoms with van der Waals surface area (Å²) >= 11 is 0. The number of aliphatic carboxylic acids is 1. The van der Waals surface area contributed by atoms with Gasteiger partial charge in [0.15, 0.2) is 11.5 Å². The van der Waals surface area contributed by atoms with Gasteiger partial charge in [0.2, 0.25) is 6.79 Å². The van der Waals surface area contributed by atoms with Gasteiger partial charge in [-0.2, -0.15) is 0 Å². The van der Waals surface area contributed by atoms with Crippen LogP contribution in [0.15, 0.2) is 42.5 Å². The molecule has 1 saturated heterocycles. The first kappa shape index (κ1) is 18.6. The normalized spacial score (nSPS) is 23.0. The summed E-state index contributed by atoms with van der Waals surface area (Å²) in [6, 6.07) is 12.9. The lowest BCUT2D eigenvalue weighted by Crippen LogP contribution is -2.25. The molecule has 0 spiro atoms. The van der Waals surface area contributed by atoms with Crippen molar-refractivity contribution in [1.82, 2.24) is 5.32 Å². The van der Waals surface area contributed by atoms with Crippen LogP contribution in [0.5, 0.6) is 17.2 Å². The van der Waals surface area contributed by atoms with Crippen LogP contribution in [0, 0.1) is 5.92 Å². The Morgan fingerprint density at radius 1 is 1.11 bits per heavy atom. The number of hydrogen-bond acceptors (Lipinski definition) is 6. The highest BCUT2D eigenvalue weighted by molar-refractivity contribution is 5.73. The molecule has 0 unspecified atom stereocenters. The van der Waals surface area contributed by atoms with Gasteiger partial charge in [-0.05, 0) is 35.4 Å². The monoisotopic (exact) mass is 385 g/mol.